The van der Waals surface area contributed by atoms with Crippen molar-refractivity contribution < 1.29 is 9.66 Å². The van der Waals surface area contributed by atoms with Gasteiger partial charge in [0.25, 0.3) is 5.69 Å². The summed E-state index contributed by atoms with van der Waals surface area (Å²) in [5, 5.41) is 11.5. The summed E-state index contributed by atoms with van der Waals surface area (Å²) in [5.74, 6) is 0.885. The molecule has 0 spiro atoms. The van der Waals surface area contributed by atoms with Crippen molar-refractivity contribution in [2.24, 2.45) is 11.3 Å². The molecular weight excluding hydrogens is 298 g/mol. The first kappa shape index (κ1) is 15.0. The predicted molar refractivity (Wildman–Crippen MR) is 75.3 cm³/mol. The monoisotopic (exact) mass is 315 g/mol. The van der Waals surface area contributed by atoms with E-state index >= 15 is 0 Å². The second kappa shape index (κ2) is 6.18. The molecule has 0 fully saturated rings. The Morgan fingerprint density at radius 1 is 1.44 bits per heavy atom. The van der Waals surface area contributed by atoms with Crippen LogP contribution in [0.5, 0.6) is 5.75 Å². The number of benzene rings is 1. The summed E-state index contributed by atoms with van der Waals surface area (Å²) in [7, 11) is 0. The molecule has 1 atom stereocenters. The zero-order valence-corrected chi connectivity index (χ0v) is 12.4. The summed E-state index contributed by atoms with van der Waals surface area (Å²) in [6.07, 6.45) is 0. The first-order valence-electron chi connectivity index (χ1n) is 5.78. The van der Waals surface area contributed by atoms with Crippen LogP contribution in [0.3, 0.4) is 0 Å². The Labute approximate surface area is 116 Å². The molecule has 1 unspecified atom stereocenters. The molecule has 0 radical (unpaired) electrons. The summed E-state index contributed by atoms with van der Waals surface area (Å²) in [4.78, 5) is 10.2. The minimum Gasteiger partial charge on any atom is -0.493 e. The third-order valence-electron chi connectivity index (χ3n) is 2.89. The van der Waals surface area contributed by atoms with Crippen LogP contribution >= 0.6 is 15.9 Å². The Morgan fingerprint density at radius 2 is 2.11 bits per heavy atom. The van der Waals surface area contributed by atoms with E-state index in [0.29, 0.717) is 18.3 Å². The molecule has 0 N–H and O–H groups in total. The molecule has 0 aliphatic carbocycles. The highest BCUT2D eigenvalue weighted by molar-refractivity contribution is 9.09. The van der Waals surface area contributed by atoms with Gasteiger partial charge in [-0.25, -0.2) is 0 Å². The number of hydrogen-bond donors (Lipinski definition) is 0. The summed E-state index contributed by atoms with van der Waals surface area (Å²) in [6, 6.07) is 6.28. The van der Waals surface area contributed by atoms with Crippen LogP contribution in [0.25, 0.3) is 0 Å². The summed E-state index contributed by atoms with van der Waals surface area (Å²) < 4.78 is 5.64. The van der Waals surface area contributed by atoms with Gasteiger partial charge in [-0.15, -0.1) is 0 Å². The minimum atomic E-state index is -0.418. The number of non-ortho nitro benzene ring substituents is 1. The van der Waals surface area contributed by atoms with Gasteiger partial charge in [-0.2, -0.15) is 0 Å². The van der Waals surface area contributed by atoms with Crippen molar-refractivity contribution in [3.63, 3.8) is 0 Å². The zero-order chi connectivity index (χ0) is 13.8. The third kappa shape index (κ3) is 4.29. The van der Waals surface area contributed by atoms with Crippen molar-refractivity contribution in [3.8, 4) is 5.75 Å². The van der Waals surface area contributed by atoms with E-state index in [-0.39, 0.29) is 11.1 Å². The zero-order valence-electron chi connectivity index (χ0n) is 10.9. The maximum atomic E-state index is 10.6. The van der Waals surface area contributed by atoms with Crippen LogP contribution < -0.4 is 4.74 Å². The molecule has 5 heteroatoms. The Hall–Kier alpha value is -1.10. The summed E-state index contributed by atoms with van der Waals surface area (Å²) in [6.45, 7) is 6.98. The molecule has 0 aliphatic rings. The topological polar surface area (TPSA) is 52.4 Å². The number of alkyl halides is 1. The van der Waals surface area contributed by atoms with Gasteiger partial charge >= 0.3 is 0 Å². The average molecular weight is 316 g/mol. The molecule has 0 amide bonds. The Kier molecular flexibility index (Phi) is 5.14. The highest BCUT2D eigenvalue weighted by Crippen LogP contribution is 2.28. The SMILES string of the molecule is CC(C)(C)C(CBr)COc1cccc([N+](=O)[O-])c1. The molecule has 0 saturated heterocycles. The lowest BCUT2D eigenvalue weighted by Crippen LogP contribution is -2.27. The molecule has 4 nitrogen and oxygen atoms in total. The minimum absolute atomic E-state index is 0.0543. The maximum absolute atomic E-state index is 10.6. The van der Waals surface area contributed by atoms with Gasteiger partial charge in [0.15, 0.2) is 0 Å². The predicted octanol–water partition coefficient (Wildman–Crippen LogP) is 4.03. The van der Waals surface area contributed by atoms with E-state index in [2.05, 4.69) is 36.7 Å². The molecule has 18 heavy (non-hydrogen) atoms. The third-order valence-corrected chi connectivity index (χ3v) is 3.67. The number of halogens is 1. The maximum Gasteiger partial charge on any atom is 0.273 e. The van der Waals surface area contributed by atoms with E-state index in [1.165, 1.54) is 12.1 Å². The van der Waals surface area contributed by atoms with E-state index in [1.54, 1.807) is 12.1 Å². The number of rotatable bonds is 5. The van der Waals surface area contributed by atoms with Crippen molar-refractivity contribution in [1.82, 2.24) is 0 Å². The van der Waals surface area contributed by atoms with Crippen LogP contribution in [-0.4, -0.2) is 16.9 Å². The lowest BCUT2D eigenvalue weighted by molar-refractivity contribution is -0.384. The molecule has 0 bridgehead atoms. The smallest absolute Gasteiger partial charge is 0.273 e. The van der Waals surface area contributed by atoms with Crippen LogP contribution in [0.15, 0.2) is 24.3 Å². The van der Waals surface area contributed by atoms with Crippen molar-refractivity contribution >= 4 is 21.6 Å². The molecule has 0 aromatic heterocycles. The van der Waals surface area contributed by atoms with Crippen LogP contribution in [0.2, 0.25) is 0 Å². The second-order valence-corrected chi connectivity index (χ2v) is 5.93. The van der Waals surface area contributed by atoms with Crippen LogP contribution in [0.1, 0.15) is 20.8 Å². The molecule has 1 aromatic rings. The number of ether oxygens (including phenoxy) is 1. The van der Waals surface area contributed by atoms with Crippen LogP contribution in [0, 0.1) is 21.4 Å². The van der Waals surface area contributed by atoms with E-state index in [1.807, 2.05) is 0 Å². The van der Waals surface area contributed by atoms with Gasteiger partial charge in [0, 0.05) is 17.3 Å². The molecule has 0 saturated carbocycles. The quantitative estimate of drug-likeness (QED) is 0.468. The Balaban J connectivity index is 2.68. The first-order chi connectivity index (χ1) is 8.34. The molecule has 0 heterocycles. The van der Waals surface area contributed by atoms with E-state index in [9.17, 15) is 10.1 Å². The van der Waals surface area contributed by atoms with E-state index in [4.69, 9.17) is 4.74 Å². The van der Waals surface area contributed by atoms with E-state index in [0.717, 1.165) is 5.33 Å². The van der Waals surface area contributed by atoms with Gasteiger partial charge in [0.1, 0.15) is 5.75 Å². The largest absolute Gasteiger partial charge is 0.493 e. The Morgan fingerprint density at radius 3 is 2.61 bits per heavy atom. The van der Waals surface area contributed by atoms with Crippen molar-refractivity contribution in [3.05, 3.63) is 34.4 Å². The van der Waals surface area contributed by atoms with Gasteiger partial charge in [0.05, 0.1) is 17.6 Å². The molecule has 1 rings (SSSR count). The lowest BCUT2D eigenvalue weighted by Gasteiger charge is -2.28. The second-order valence-electron chi connectivity index (χ2n) is 5.28. The lowest BCUT2D eigenvalue weighted by atomic mass is 9.83. The fourth-order valence-electron chi connectivity index (χ4n) is 1.41. The molecule has 0 aliphatic heterocycles. The summed E-state index contributed by atoms with van der Waals surface area (Å²) in [5.41, 5.74) is 0.183. The standard InChI is InChI=1S/C13H18BrNO3/c1-13(2,3)10(8-14)9-18-12-6-4-5-11(7-12)15(16)17/h4-7,10H,8-9H2,1-3H3. The number of nitro groups is 1. The molecular formula is C13H18BrNO3. The van der Waals surface area contributed by atoms with Gasteiger partial charge in [-0.3, -0.25) is 10.1 Å². The van der Waals surface area contributed by atoms with Crippen LogP contribution in [0.4, 0.5) is 5.69 Å². The highest BCUT2D eigenvalue weighted by atomic mass is 79.9. The average Bonchev–Trinajstić information content (AvgIpc) is 2.28. The molecule has 1 aromatic carbocycles. The van der Waals surface area contributed by atoms with Crippen LogP contribution in [-0.2, 0) is 0 Å². The normalized spacial score (nSPS) is 13.1. The molecule has 100 valence electrons. The van der Waals surface area contributed by atoms with Crippen molar-refractivity contribution in [2.45, 2.75) is 20.8 Å². The van der Waals surface area contributed by atoms with Gasteiger partial charge in [0.2, 0.25) is 0 Å². The number of hydrogen-bond acceptors (Lipinski definition) is 3. The van der Waals surface area contributed by atoms with Gasteiger partial charge in [-0.05, 0) is 11.5 Å². The number of nitrogens with zero attached hydrogens (tertiary/aromatic N) is 1. The fraction of sp³-hybridized carbons (Fsp3) is 0.538. The Bertz CT molecular complexity index is 415. The first-order valence-corrected chi connectivity index (χ1v) is 6.90. The fourth-order valence-corrected chi connectivity index (χ4v) is 2.57. The number of nitro benzene ring substituents is 1. The summed E-state index contributed by atoms with van der Waals surface area (Å²) >= 11 is 3.47. The van der Waals surface area contributed by atoms with Gasteiger partial charge in [-0.1, -0.05) is 42.8 Å². The van der Waals surface area contributed by atoms with Crippen molar-refractivity contribution in [2.75, 3.05) is 11.9 Å². The van der Waals surface area contributed by atoms with E-state index < -0.39 is 4.92 Å². The van der Waals surface area contributed by atoms with Crippen molar-refractivity contribution in [1.29, 1.82) is 0 Å². The highest BCUT2D eigenvalue weighted by Gasteiger charge is 2.24. The van der Waals surface area contributed by atoms with Gasteiger partial charge < -0.3 is 4.74 Å².